The van der Waals surface area contributed by atoms with Gasteiger partial charge in [-0.1, -0.05) is 12.1 Å². The van der Waals surface area contributed by atoms with E-state index in [0.29, 0.717) is 16.5 Å². The summed E-state index contributed by atoms with van der Waals surface area (Å²) >= 11 is 0. The van der Waals surface area contributed by atoms with E-state index in [9.17, 15) is 24.5 Å². The molecule has 184 valence electrons. The van der Waals surface area contributed by atoms with Gasteiger partial charge in [0, 0.05) is 59.4 Å². The van der Waals surface area contributed by atoms with Gasteiger partial charge in [-0.3, -0.25) is 24.6 Å². The molecule has 0 saturated carbocycles. The molecule has 3 aromatic carbocycles. The van der Waals surface area contributed by atoms with Crippen LogP contribution in [0.15, 0.2) is 54.6 Å². The van der Waals surface area contributed by atoms with Crippen LogP contribution in [-0.4, -0.2) is 53.8 Å². The number of nitro benzene ring substituents is 1. The predicted octanol–water partition coefficient (Wildman–Crippen LogP) is 4.58. The molecule has 5 rings (SSSR count). The lowest BCUT2D eigenvalue weighted by molar-refractivity contribution is -0.384. The van der Waals surface area contributed by atoms with Crippen molar-refractivity contribution in [2.75, 3.05) is 31.1 Å². The Hall–Kier alpha value is -4.27. The first-order chi connectivity index (χ1) is 17.5. The third-order valence-corrected chi connectivity index (χ3v) is 6.74. The quantitative estimate of drug-likeness (QED) is 0.158. The summed E-state index contributed by atoms with van der Waals surface area (Å²) in [6, 6.07) is 14.5. The molecule has 0 aromatic heterocycles. The molecule has 0 aliphatic carbocycles. The van der Waals surface area contributed by atoms with Crippen molar-refractivity contribution < 1.29 is 24.0 Å². The van der Waals surface area contributed by atoms with Crippen molar-refractivity contribution in [3.63, 3.8) is 0 Å². The zero-order chi connectivity index (χ0) is 25.2. The van der Waals surface area contributed by atoms with Crippen molar-refractivity contribution in [2.24, 2.45) is 0 Å². The minimum Gasteiger partial charge on any atom is -0.462 e. The maximum absolute atomic E-state index is 13.3. The topological polar surface area (TPSA) is 110 Å². The molecule has 2 aliphatic heterocycles. The van der Waals surface area contributed by atoms with E-state index in [4.69, 9.17) is 4.74 Å². The molecule has 0 N–H and O–H groups in total. The van der Waals surface area contributed by atoms with Gasteiger partial charge >= 0.3 is 5.97 Å². The molecule has 1 fully saturated rings. The minimum absolute atomic E-state index is 0.00215. The zero-order valence-electron chi connectivity index (χ0n) is 19.6. The standard InChI is InChI=1S/C27H25N3O6/c31-25-21-7-4-6-20-23(28-14-2-1-3-15-28)13-12-22(24(20)21)26(32)29(25)16-5-17-36-27(33)18-8-10-19(11-9-18)30(34)35/h4,6-13H,1-3,5,14-17H2. The molecule has 2 heterocycles. The normalized spacial score (nSPS) is 15.3. The average Bonchev–Trinajstić information content (AvgIpc) is 2.91. The number of ether oxygens (including phenoxy) is 1. The molecule has 0 unspecified atom stereocenters. The summed E-state index contributed by atoms with van der Waals surface area (Å²) in [7, 11) is 0. The second-order valence-corrected chi connectivity index (χ2v) is 8.96. The number of amides is 2. The highest BCUT2D eigenvalue weighted by Crippen LogP contribution is 2.36. The van der Waals surface area contributed by atoms with Crippen molar-refractivity contribution in [3.8, 4) is 0 Å². The van der Waals surface area contributed by atoms with Crippen LogP contribution in [0.3, 0.4) is 0 Å². The lowest BCUT2D eigenvalue weighted by atomic mass is 9.92. The summed E-state index contributed by atoms with van der Waals surface area (Å²) in [5, 5.41) is 12.4. The molecule has 2 amide bonds. The van der Waals surface area contributed by atoms with Gasteiger partial charge in [-0.05, 0) is 56.0 Å². The Morgan fingerprint density at radius 2 is 1.61 bits per heavy atom. The molecular weight excluding hydrogens is 462 g/mol. The fraction of sp³-hybridized carbons (Fsp3) is 0.296. The van der Waals surface area contributed by atoms with Crippen LogP contribution < -0.4 is 4.90 Å². The predicted molar refractivity (Wildman–Crippen MR) is 133 cm³/mol. The fourth-order valence-electron chi connectivity index (χ4n) is 4.93. The number of imide groups is 1. The third kappa shape index (κ3) is 4.28. The fourth-order valence-corrected chi connectivity index (χ4v) is 4.93. The highest BCUT2D eigenvalue weighted by atomic mass is 16.6. The molecule has 2 aliphatic rings. The Balaban J connectivity index is 1.27. The van der Waals surface area contributed by atoms with E-state index in [1.54, 1.807) is 6.07 Å². The van der Waals surface area contributed by atoms with E-state index in [0.717, 1.165) is 37.0 Å². The van der Waals surface area contributed by atoms with Gasteiger partial charge in [-0.15, -0.1) is 0 Å². The summed E-state index contributed by atoms with van der Waals surface area (Å²) in [6.45, 7) is 2.03. The molecule has 9 heteroatoms. The summed E-state index contributed by atoms with van der Waals surface area (Å²) < 4.78 is 5.24. The van der Waals surface area contributed by atoms with Crippen molar-refractivity contribution in [3.05, 3.63) is 81.4 Å². The Labute approximate surface area is 207 Å². The van der Waals surface area contributed by atoms with E-state index >= 15 is 0 Å². The second kappa shape index (κ2) is 9.77. The lowest BCUT2D eigenvalue weighted by Crippen LogP contribution is -2.41. The van der Waals surface area contributed by atoms with Crippen molar-refractivity contribution in [1.82, 2.24) is 4.90 Å². The van der Waals surface area contributed by atoms with E-state index in [1.807, 2.05) is 24.3 Å². The Bertz CT molecular complexity index is 1340. The molecule has 36 heavy (non-hydrogen) atoms. The molecule has 0 atom stereocenters. The first kappa shape index (κ1) is 23.5. The van der Waals surface area contributed by atoms with Crippen LogP contribution in [0.1, 0.15) is 56.8 Å². The molecule has 0 radical (unpaired) electrons. The maximum Gasteiger partial charge on any atom is 0.338 e. The number of hydrogen-bond acceptors (Lipinski definition) is 7. The van der Waals surface area contributed by atoms with Crippen molar-refractivity contribution >= 4 is 39.9 Å². The first-order valence-corrected chi connectivity index (χ1v) is 12.0. The van der Waals surface area contributed by atoms with E-state index in [2.05, 4.69) is 4.90 Å². The molecule has 0 bridgehead atoms. The van der Waals surface area contributed by atoms with Gasteiger partial charge in [-0.25, -0.2) is 4.79 Å². The van der Waals surface area contributed by atoms with E-state index < -0.39 is 10.9 Å². The second-order valence-electron chi connectivity index (χ2n) is 8.96. The van der Waals surface area contributed by atoms with Gasteiger partial charge in [-0.2, -0.15) is 0 Å². The molecule has 1 saturated heterocycles. The summed E-state index contributed by atoms with van der Waals surface area (Å²) in [6.07, 6.45) is 3.74. The highest BCUT2D eigenvalue weighted by molar-refractivity contribution is 6.26. The Morgan fingerprint density at radius 1 is 0.917 bits per heavy atom. The number of anilines is 1. The molecular formula is C27H25N3O6. The zero-order valence-corrected chi connectivity index (χ0v) is 19.6. The van der Waals surface area contributed by atoms with Crippen molar-refractivity contribution in [2.45, 2.75) is 25.7 Å². The van der Waals surface area contributed by atoms with Gasteiger partial charge in [0.25, 0.3) is 17.5 Å². The van der Waals surface area contributed by atoms with Crippen LogP contribution in [0.25, 0.3) is 10.8 Å². The monoisotopic (exact) mass is 487 g/mol. The number of carbonyl (C=O) groups excluding carboxylic acids is 3. The molecule has 0 spiro atoms. The number of non-ortho nitro benzene ring substituents is 1. The van der Waals surface area contributed by atoms with Crippen LogP contribution in [0, 0.1) is 10.1 Å². The van der Waals surface area contributed by atoms with Gasteiger partial charge in [0.2, 0.25) is 0 Å². The number of esters is 1. The smallest absolute Gasteiger partial charge is 0.338 e. The van der Waals surface area contributed by atoms with Gasteiger partial charge < -0.3 is 9.64 Å². The average molecular weight is 488 g/mol. The summed E-state index contributed by atoms with van der Waals surface area (Å²) in [4.78, 5) is 52.5. The summed E-state index contributed by atoms with van der Waals surface area (Å²) in [5.41, 5.74) is 2.14. The SMILES string of the molecule is O=C(OCCCN1C(=O)c2cccc3c(N4CCCCC4)ccc(c23)C1=O)c1ccc([N+](=O)[O-])cc1. The first-order valence-electron chi connectivity index (χ1n) is 12.0. The van der Waals surface area contributed by atoms with Crippen LogP contribution in [0.4, 0.5) is 11.4 Å². The van der Waals surface area contributed by atoms with Gasteiger partial charge in [0.1, 0.15) is 0 Å². The Morgan fingerprint density at radius 3 is 2.31 bits per heavy atom. The van der Waals surface area contributed by atoms with E-state index in [1.165, 1.54) is 35.6 Å². The summed E-state index contributed by atoms with van der Waals surface area (Å²) in [5.74, 6) is -1.33. The third-order valence-electron chi connectivity index (χ3n) is 6.74. The number of benzene rings is 3. The maximum atomic E-state index is 13.3. The van der Waals surface area contributed by atoms with Crippen LogP contribution >= 0.6 is 0 Å². The number of piperidine rings is 1. The number of rotatable bonds is 7. The van der Waals surface area contributed by atoms with Gasteiger partial charge in [0.05, 0.1) is 17.1 Å². The molecule has 9 nitrogen and oxygen atoms in total. The van der Waals surface area contributed by atoms with Crippen molar-refractivity contribution in [1.29, 1.82) is 0 Å². The van der Waals surface area contributed by atoms with Crippen LogP contribution in [-0.2, 0) is 4.74 Å². The molecule has 3 aromatic rings. The number of hydrogen-bond donors (Lipinski definition) is 0. The minimum atomic E-state index is -0.624. The number of nitro groups is 1. The lowest BCUT2D eigenvalue weighted by Gasteiger charge is -2.32. The Kier molecular flexibility index (Phi) is 6.37. The number of carbonyl (C=O) groups is 3. The van der Waals surface area contributed by atoms with Crippen LogP contribution in [0.5, 0.6) is 0 Å². The largest absolute Gasteiger partial charge is 0.462 e. The highest BCUT2D eigenvalue weighted by Gasteiger charge is 2.33. The number of nitrogens with zero attached hydrogens (tertiary/aromatic N) is 3. The van der Waals surface area contributed by atoms with Gasteiger partial charge in [0.15, 0.2) is 0 Å². The van der Waals surface area contributed by atoms with Crippen LogP contribution in [0.2, 0.25) is 0 Å². The van der Waals surface area contributed by atoms with E-state index in [-0.39, 0.29) is 42.6 Å².